The van der Waals surface area contributed by atoms with Gasteiger partial charge in [0.25, 0.3) is 0 Å². The van der Waals surface area contributed by atoms with Crippen LogP contribution in [0.4, 0.5) is 13.2 Å². The van der Waals surface area contributed by atoms with Crippen molar-refractivity contribution < 1.29 is 22.8 Å². The zero-order valence-corrected chi connectivity index (χ0v) is 11.3. The Morgan fingerprint density at radius 1 is 1.55 bits per heavy atom. The second-order valence-electron chi connectivity index (χ2n) is 5.19. The maximum atomic E-state index is 12.3. The lowest BCUT2D eigenvalue weighted by molar-refractivity contribution is -0.157. The minimum Gasteiger partial charge on any atom is -0.342 e. The highest BCUT2D eigenvalue weighted by atomic mass is 19.4. The summed E-state index contributed by atoms with van der Waals surface area (Å²) >= 11 is 0. The van der Waals surface area contributed by atoms with E-state index < -0.39 is 36.5 Å². The number of terminal acetylenes is 1. The summed E-state index contributed by atoms with van der Waals surface area (Å²) in [6.45, 7) is 2.10. The molecule has 112 valence electrons. The summed E-state index contributed by atoms with van der Waals surface area (Å²) < 4.78 is 36.8. The minimum absolute atomic E-state index is 0.00679. The van der Waals surface area contributed by atoms with Crippen molar-refractivity contribution in [1.29, 1.82) is 0 Å². The van der Waals surface area contributed by atoms with E-state index in [9.17, 15) is 22.8 Å². The highest BCUT2D eigenvalue weighted by molar-refractivity contribution is 5.89. The first-order valence-electron chi connectivity index (χ1n) is 6.25. The fourth-order valence-electron chi connectivity index (χ4n) is 1.99. The van der Waals surface area contributed by atoms with Crippen molar-refractivity contribution in [3.8, 4) is 12.3 Å². The van der Waals surface area contributed by atoms with Crippen molar-refractivity contribution >= 4 is 11.8 Å². The van der Waals surface area contributed by atoms with Gasteiger partial charge in [-0.1, -0.05) is 19.8 Å². The van der Waals surface area contributed by atoms with Gasteiger partial charge in [-0.25, -0.2) is 0 Å². The van der Waals surface area contributed by atoms with E-state index in [4.69, 9.17) is 6.42 Å². The molecular weight excluding hydrogens is 273 g/mol. The molecule has 1 rings (SSSR count). The number of carbonyl (C=O) groups is 2. The lowest BCUT2D eigenvalue weighted by Crippen LogP contribution is -2.42. The van der Waals surface area contributed by atoms with E-state index in [0.29, 0.717) is 4.90 Å². The van der Waals surface area contributed by atoms with E-state index in [0.717, 1.165) is 0 Å². The quantitative estimate of drug-likeness (QED) is 0.790. The number of rotatable bonds is 4. The number of carbonyl (C=O) groups excluding carboxylic acids is 2. The summed E-state index contributed by atoms with van der Waals surface area (Å²) in [5.74, 6) is 0.499. The van der Waals surface area contributed by atoms with E-state index in [1.807, 2.05) is 13.8 Å². The SMILES string of the molecule is C#C[C@H](NC(=O)[C@@H]1CC(=O)N(CC(F)(F)F)C1)C(C)C. The molecule has 0 saturated carbocycles. The van der Waals surface area contributed by atoms with E-state index in [2.05, 4.69) is 11.2 Å². The first kappa shape index (κ1) is 16.3. The van der Waals surface area contributed by atoms with Crippen LogP contribution >= 0.6 is 0 Å². The molecule has 20 heavy (non-hydrogen) atoms. The number of alkyl halides is 3. The molecule has 0 aromatic rings. The number of nitrogens with zero attached hydrogens (tertiary/aromatic N) is 1. The lowest BCUT2D eigenvalue weighted by atomic mass is 10.0. The number of nitrogens with one attached hydrogen (secondary N) is 1. The third-order valence-corrected chi connectivity index (χ3v) is 3.10. The summed E-state index contributed by atoms with van der Waals surface area (Å²) in [4.78, 5) is 24.0. The van der Waals surface area contributed by atoms with Gasteiger partial charge in [0.2, 0.25) is 11.8 Å². The van der Waals surface area contributed by atoms with Crippen LogP contribution in [0.15, 0.2) is 0 Å². The first-order chi connectivity index (χ1) is 9.14. The molecule has 0 aromatic carbocycles. The third kappa shape index (κ3) is 4.44. The standard InChI is InChI=1S/C13H17F3N2O2/c1-4-10(8(2)3)17-12(20)9-5-11(19)18(6-9)7-13(14,15)16/h1,8-10H,5-7H2,2-3H3,(H,17,20)/t9-,10+/m1/s1. The molecule has 1 saturated heterocycles. The van der Waals surface area contributed by atoms with Gasteiger partial charge in [0, 0.05) is 13.0 Å². The highest BCUT2D eigenvalue weighted by Crippen LogP contribution is 2.24. The summed E-state index contributed by atoms with van der Waals surface area (Å²) in [6, 6.07) is -0.491. The maximum absolute atomic E-state index is 12.3. The molecule has 1 N–H and O–H groups in total. The predicted octanol–water partition coefficient (Wildman–Crippen LogP) is 1.17. The normalized spacial score (nSPS) is 20.9. The van der Waals surface area contributed by atoms with Gasteiger partial charge < -0.3 is 10.2 Å². The molecule has 1 aliphatic heterocycles. The van der Waals surface area contributed by atoms with E-state index in [1.165, 1.54) is 0 Å². The molecule has 1 fully saturated rings. The topological polar surface area (TPSA) is 49.4 Å². The van der Waals surface area contributed by atoms with E-state index in [1.54, 1.807) is 0 Å². The zero-order valence-electron chi connectivity index (χ0n) is 11.3. The van der Waals surface area contributed by atoms with Gasteiger partial charge in [-0.2, -0.15) is 13.2 Å². The monoisotopic (exact) mass is 290 g/mol. The Hall–Kier alpha value is -1.71. The molecule has 0 bridgehead atoms. The van der Waals surface area contributed by atoms with Crippen molar-refractivity contribution in [2.75, 3.05) is 13.1 Å². The van der Waals surface area contributed by atoms with Gasteiger partial charge in [-0.3, -0.25) is 9.59 Å². The second kappa shape index (κ2) is 6.16. The molecule has 7 heteroatoms. The van der Waals surface area contributed by atoms with Crippen LogP contribution in [0.5, 0.6) is 0 Å². The molecule has 0 aliphatic carbocycles. The fraction of sp³-hybridized carbons (Fsp3) is 0.692. The Morgan fingerprint density at radius 2 is 2.15 bits per heavy atom. The summed E-state index contributed by atoms with van der Waals surface area (Å²) in [7, 11) is 0. The molecule has 0 aromatic heterocycles. The molecule has 2 atom stereocenters. The summed E-state index contributed by atoms with van der Waals surface area (Å²) in [6.07, 6.45) is 0.599. The van der Waals surface area contributed by atoms with Crippen molar-refractivity contribution in [3.63, 3.8) is 0 Å². The Bertz CT molecular complexity index is 426. The largest absolute Gasteiger partial charge is 0.406 e. The number of halogens is 3. The van der Waals surface area contributed by atoms with Crippen LogP contribution in [-0.4, -0.2) is 42.0 Å². The van der Waals surface area contributed by atoms with Gasteiger partial charge in [-0.05, 0) is 5.92 Å². The van der Waals surface area contributed by atoms with Crippen LogP contribution in [0, 0.1) is 24.2 Å². The average molecular weight is 290 g/mol. The van der Waals surface area contributed by atoms with Crippen LogP contribution < -0.4 is 5.32 Å². The van der Waals surface area contributed by atoms with Crippen molar-refractivity contribution in [2.45, 2.75) is 32.5 Å². The molecule has 0 spiro atoms. The van der Waals surface area contributed by atoms with E-state index >= 15 is 0 Å². The maximum Gasteiger partial charge on any atom is 0.406 e. The smallest absolute Gasteiger partial charge is 0.342 e. The Balaban J connectivity index is 2.60. The fourth-order valence-corrected chi connectivity index (χ4v) is 1.99. The summed E-state index contributed by atoms with van der Waals surface area (Å²) in [5.41, 5.74) is 0. The number of hydrogen-bond acceptors (Lipinski definition) is 2. The molecular formula is C13H17F3N2O2. The lowest BCUT2D eigenvalue weighted by Gasteiger charge is -2.20. The third-order valence-electron chi connectivity index (χ3n) is 3.10. The molecule has 1 aliphatic rings. The van der Waals surface area contributed by atoms with Gasteiger partial charge in [0.15, 0.2) is 0 Å². The first-order valence-corrected chi connectivity index (χ1v) is 6.25. The molecule has 0 radical (unpaired) electrons. The van der Waals surface area contributed by atoms with Crippen molar-refractivity contribution in [1.82, 2.24) is 10.2 Å². The van der Waals surface area contributed by atoms with Crippen LogP contribution in [0.2, 0.25) is 0 Å². The number of amides is 2. The van der Waals surface area contributed by atoms with Gasteiger partial charge >= 0.3 is 6.18 Å². The predicted molar refractivity (Wildman–Crippen MR) is 66.3 cm³/mol. The summed E-state index contributed by atoms with van der Waals surface area (Å²) in [5, 5.41) is 2.58. The average Bonchev–Trinajstić information content (AvgIpc) is 2.65. The van der Waals surface area contributed by atoms with E-state index in [-0.39, 0.29) is 18.9 Å². The van der Waals surface area contributed by atoms with Crippen LogP contribution in [0.1, 0.15) is 20.3 Å². The van der Waals surface area contributed by atoms with Crippen molar-refractivity contribution in [3.05, 3.63) is 0 Å². The van der Waals surface area contributed by atoms with Crippen molar-refractivity contribution in [2.24, 2.45) is 11.8 Å². The van der Waals surface area contributed by atoms with Gasteiger partial charge in [0.1, 0.15) is 6.54 Å². The molecule has 2 amide bonds. The van der Waals surface area contributed by atoms with Gasteiger partial charge in [-0.15, -0.1) is 6.42 Å². The molecule has 0 unspecified atom stereocenters. The van der Waals surface area contributed by atoms with Crippen LogP contribution in [-0.2, 0) is 9.59 Å². The van der Waals surface area contributed by atoms with Gasteiger partial charge in [0.05, 0.1) is 12.0 Å². The Morgan fingerprint density at radius 3 is 2.60 bits per heavy atom. The Kier molecular flexibility index (Phi) is 5.03. The molecule has 1 heterocycles. The second-order valence-corrected chi connectivity index (χ2v) is 5.19. The minimum atomic E-state index is -4.46. The van der Waals surface area contributed by atoms with Crippen LogP contribution in [0.3, 0.4) is 0 Å². The number of likely N-dealkylation sites (tertiary alicyclic amines) is 1. The molecule has 4 nitrogen and oxygen atoms in total. The van der Waals surface area contributed by atoms with Crippen LogP contribution in [0.25, 0.3) is 0 Å². The Labute approximate surface area is 115 Å². The highest BCUT2D eigenvalue weighted by Gasteiger charge is 2.40. The number of hydrogen-bond donors (Lipinski definition) is 1. The zero-order chi connectivity index (χ0) is 15.5.